The topological polar surface area (TPSA) is 38.7 Å². The third-order valence-electron chi connectivity index (χ3n) is 3.40. The van der Waals surface area contributed by atoms with Gasteiger partial charge in [-0.1, -0.05) is 6.07 Å². The van der Waals surface area contributed by atoms with Crippen LogP contribution in [0.3, 0.4) is 0 Å². The lowest BCUT2D eigenvalue weighted by atomic mass is 9.72. The number of carbonyl (C=O) groups excluding carboxylic acids is 1. The van der Waals surface area contributed by atoms with E-state index >= 15 is 0 Å². The molecule has 17 heavy (non-hydrogen) atoms. The van der Waals surface area contributed by atoms with Gasteiger partial charge in [0.2, 0.25) is 6.08 Å². The fourth-order valence-corrected chi connectivity index (χ4v) is 2.24. The summed E-state index contributed by atoms with van der Waals surface area (Å²) in [5.74, 6) is 0.529. The molecule has 1 aliphatic carbocycles. The maximum Gasteiger partial charge on any atom is 0.235 e. The van der Waals surface area contributed by atoms with Crippen molar-refractivity contribution in [3.8, 4) is 5.75 Å². The van der Waals surface area contributed by atoms with E-state index in [4.69, 9.17) is 4.74 Å². The van der Waals surface area contributed by atoms with E-state index in [1.165, 1.54) is 7.11 Å². The summed E-state index contributed by atoms with van der Waals surface area (Å²) in [6.45, 7) is -0.585. The van der Waals surface area contributed by atoms with Crippen molar-refractivity contribution in [2.75, 3.05) is 7.11 Å². The molecule has 4 heteroatoms. The van der Waals surface area contributed by atoms with Gasteiger partial charge < -0.3 is 4.74 Å². The number of methoxy groups -OCH3 is 1. The average Bonchev–Trinajstić information content (AvgIpc) is 2.33. The molecule has 0 heterocycles. The minimum absolute atomic E-state index is 0.474. The highest BCUT2D eigenvalue weighted by Gasteiger charge is 2.39. The number of ether oxygens (including phenoxy) is 1. The average molecular weight is 235 g/mol. The van der Waals surface area contributed by atoms with Gasteiger partial charge in [-0.25, -0.2) is 9.18 Å². The first-order valence-electron chi connectivity index (χ1n) is 5.58. The zero-order chi connectivity index (χ0) is 12.3. The molecule has 0 N–H and O–H groups in total. The molecular weight excluding hydrogens is 221 g/mol. The second kappa shape index (κ2) is 4.68. The molecule has 2 rings (SSSR count). The van der Waals surface area contributed by atoms with Crippen LogP contribution >= 0.6 is 0 Å². The monoisotopic (exact) mass is 235 g/mol. The molecule has 0 atom stereocenters. The Bertz CT molecular complexity index is 462. The predicted octanol–water partition coefficient (Wildman–Crippen LogP) is 2.88. The van der Waals surface area contributed by atoms with Crippen LogP contribution in [0, 0.1) is 0 Å². The molecule has 1 aliphatic rings. The van der Waals surface area contributed by atoms with Gasteiger partial charge in [-0.15, -0.1) is 0 Å². The lowest BCUT2D eigenvalue weighted by Gasteiger charge is -2.37. The highest BCUT2D eigenvalue weighted by molar-refractivity contribution is 5.44. The summed E-state index contributed by atoms with van der Waals surface area (Å²) < 4.78 is 17.9. The summed E-state index contributed by atoms with van der Waals surface area (Å²) in [5.41, 5.74) is 0.899. The number of hydrogen-bond acceptors (Lipinski definition) is 3. The number of nitrogens with zero attached hydrogens (tertiary/aromatic N) is 1. The Balaban J connectivity index is 2.42. The van der Waals surface area contributed by atoms with E-state index in [-0.39, 0.29) is 0 Å². The minimum atomic E-state index is -0.585. The van der Waals surface area contributed by atoms with Crippen LogP contribution in [0.4, 0.5) is 4.39 Å². The van der Waals surface area contributed by atoms with Gasteiger partial charge in [-0.05, 0) is 37.0 Å². The summed E-state index contributed by atoms with van der Waals surface area (Å²) in [4.78, 5) is 14.4. The molecule has 1 saturated carbocycles. The molecule has 0 unspecified atom stereocenters. The van der Waals surface area contributed by atoms with Crippen molar-refractivity contribution in [2.24, 2.45) is 4.99 Å². The van der Waals surface area contributed by atoms with E-state index in [0.29, 0.717) is 11.3 Å². The molecule has 1 aromatic rings. The summed E-state index contributed by atoms with van der Waals surface area (Å²) in [5, 5.41) is 0. The van der Waals surface area contributed by atoms with Gasteiger partial charge in [0.15, 0.2) is 0 Å². The van der Waals surface area contributed by atoms with Crippen LogP contribution in [-0.4, -0.2) is 13.2 Å². The van der Waals surface area contributed by atoms with Crippen LogP contribution in [0.15, 0.2) is 23.2 Å². The zero-order valence-corrected chi connectivity index (χ0v) is 9.70. The highest BCUT2D eigenvalue weighted by Crippen LogP contribution is 2.45. The van der Waals surface area contributed by atoms with Crippen molar-refractivity contribution in [3.63, 3.8) is 0 Å². The van der Waals surface area contributed by atoms with Crippen LogP contribution in [-0.2, 0) is 17.0 Å². The van der Waals surface area contributed by atoms with Crippen molar-refractivity contribution < 1.29 is 13.9 Å². The first kappa shape index (κ1) is 11.8. The van der Waals surface area contributed by atoms with Crippen LogP contribution in [0.2, 0.25) is 0 Å². The standard InChI is InChI=1S/C13H14FNO2/c1-17-12-4-3-11(7-10(12)8-14)13(15-9-16)5-2-6-13/h3-4,7H,2,5-6,8H2,1H3. The maximum atomic E-state index is 12.9. The number of aliphatic imine (C=N–C) groups is 1. The molecule has 0 aromatic heterocycles. The van der Waals surface area contributed by atoms with Crippen molar-refractivity contribution in [1.82, 2.24) is 0 Å². The smallest absolute Gasteiger partial charge is 0.235 e. The van der Waals surface area contributed by atoms with E-state index in [1.54, 1.807) is 18.2 Å². The molecule has 90 valence electrons. The largest absolute Gasteiger partial charge is 0.496 e. The van der Waals surface area contributed by atoms with Crippen LogP contribution in [0.5, 0.6) is 5.75 Å². The molecule has 0 aliphatic heterocycles. The van der Waals surface area contributed by atoms with Gasteiger partial charge in [0.05, 0.1) is 12.6 Å². The molecule has 1 fully saturated rings. The first-order valence-corrected chi connectivity index (χ1v) is 5.58. The van der Waals surface area contributed by atoms with E-state index in [1.807, 2.05) is 6.07 Å². The Morgan fingerprint density at radius 1 is 1.53 bits per heavy atom. The maximum absolute atomic E-state index is 12.9. The summed E-state index contributed by atoms with van der Waals surface area (Å²) in [7, 11) is 1.51. The summed E-state index contributed by atoms with van der Waals surface area (Å²) in [6, 6.07) is 5.31. The molecule has 0 spiro atoms. The van der Waals surface area contributed by atoms with Gasteiger partial charge in [0.1, 0.15) is 12.4 Å². The summed E-state index contributed by atoms with van der Waals surface area (Å²) in [6.07, 6.45) is 4.29. The number of rotatable bonds is 4. The molecule has 0 bridgehead atoms. The van der Waals surface area contributed by atoms with Crippen LogP contribution in [0.25, 0.3) is 0 Å². The van der Waals surface area contributed by atoms with Crippen molar-refractivity contribution in [1.29, 1.82) is 0 Å². The molecular formula is C13H14FNO2. The predicted molar refractivity (Wildman–Crippen MR) is 61.5 cm³/mol. The van der Waals surface area contributed by atoms with Crippen molar-refractivity contribution in [2.45, 2.75) is 31.5 Å². The number of benzene rings is 1. The van der Waals surface area contributed by atoms with Gasteiger partial charge in [0, 0.05) is 5.56 Å². The van der Waals surface area contributed by atoms with Crippen LogP contribution in [0.1, 0.15) is 30.4 Å². The Labute approximate surface area is 99.3 Å². The van der Waals surface area contributed by atoms with Gasteiger partial charge in [-0.2, -0.15) is 4.99 Å². The third-order valence-corrected chi connectivity index (χ3v) is 3.40. The first-order chi connectivity index (χ1) is 8.25. The molecule has 3 nitrogen and oxygen atoms in total. The molecule has 0 saturated heterocycles. The minimum Gasteiger partial charge on any atom is -0.496 e. The van der Waals surface area contributed by atoms with Gasteiger partial charge >= 0.3 is 0 Å². The SMILES string of the molecule is COc1ccc(C2(N=C=O)CCC2)cc1CF. The zero-order valence-electron chi connectivity index (χ0n) is 9.70. The second-order valence-electron chi connectivity index (χ2n) is 4.25. The Morgan fingerprint density at radius 2 is 2.29 bits per heavy atom. The fourth-order valence-electron chi connectivity index (χ4n) is 2.24. The number of halogens is 1. The molecule has 1 aromatic carbocycles. The molecule has 0 radical (unpaired) electrons. The number of alkyl halides is 1. The van der Waals surface area contributed by atoms with E-state index in [9.17, 15) is 9.18 Å². The van der Waals surface area contributed by atoms with Crippen LogP contribution < -0.4 is 4.74 Å². The summed E-state index contributed by atoms with van der Waals surface area (Å²) >= 11 is 0. The van der Waals surface area contributed by atoms with Crippen molar-refractivity contribution >= 4 is 6.08 Å². The lowest BCUT2D eigenvalue weighted by molar-refractivity contribution is 0.255. The quantitative estimate of drug-likeness (QED) is 0.594. The number of hydrogen-bond donors (Lipinski definition) is 0. The highest BCUT2D eigenvalue weighted by atomic mass is 19.1. The van der Waals surface area contributed by atoms with E-state index in [0.717, 1.165) is 24.8 Å². The van der Waals surface area contributed by atoms with Gasteiger partial charge in [0.25, 0.3) is 0 Å². The Kier molecular flexibility index (Phi) is 3.25. The second-order valence-corrected chi connectivity index (χ2v) is 4.25. The third kappa shape index (κ3) is 1.96. The molecule has 0 amide bonds. The van der Waals surface area contributed by atoms with Gasteiger partial charge in [-0.3, -0.25) is 0 Å². The lowest BCUT2D eigenvalue weighted by Crippen LogP contribution is -2.31. The Morgan fingerprint density at radius 3 is 2.76 bits per heavy atom. The Hall–Kier alpha value is -1.67. The van der Waals surface area contributed by atoms with E-state index in [2.05, 4.69) is 4.99 Å². The normalized spacial score (nSPS) is 16.8. The fraction of sp³-hybridized carbons (Fsp3) is 0.462. The van der Waals surface area contributed by atoms with Crippen molar-refractivity contribution in [3.05, 3.63) is 29.3 Å². The van der Waals surface area contributed by atoms with E-state index < -0.39 is 12.2 Å². The number of isocyanates is 1.